The summed E-state index contributed by atoms with van der Waals surface area (Å²) in [7, 11) is 1.47. The Morgan fingerprint density at radius 2 is 2.19 bits per heavy atom. The predicted molar refractivity (Wildman–Crippen MR) is 72.8 cm³/mol. The minimum Gasteiger partial charge on any atom is -0.494 e. The lowest BCUT2D eigenvalue weighted by Crippen LogP contribution is -2.14. The summed E-state index contributed by atoms with van der Waals surface area (Å²) >= 11 is 2.37. The molecule has 0 bridgehead atoms. The van der Waals surface area contributed by atoms with Gasteiger partial charge in [-0.1, -0.05) is 28.7 Å². The average Bonchev–Trinajstić information content (AvgIpc) is 2.29. The molecule has 0 aromatic heterocycles. The molecule has 0 unspecified atom stereocenters. The van der Waals surface area contributed by atoms with Crippen LogP contribution >= 0.6 is 22.6 Å². The van der Waals surface area contributed by atoms with E-state index in [1.54, 1.807) is 6.07 Å². The summed E-state index contributed by atoms with van der Waals surface area (Å²) in [5.41, 5.74) is 0.952. The van der Waals surface area contributed by atoms with E-state index in [-0.39, 0.29) is 5.82 Å². The van der Waals surface area contributed by atoms with Gasteiger partial charge in [0.15, 0.2) is 11.6 Å². The van der Waals surface area contributed by atoms with Crippen molar-refractivity contribution in [2.75, 3.05) is 18.1 Å². The zero-order chi connectivity index (χ0) is 11.8. The van der Waals surface area contributed by atoms with Crippen LogP contribution in [0.3, 0.4) is 0 Å². The van der Waals surface area contributed by atoms with E-state index < -0.39 is 0 Å². The third-order valence-corrected chi connectivity index (χ3v) is 3.05. The first kappa shape index (κ1) is 13.7. The maximum atomic E-state index is 13.3. The monoisotopic (exact) mass is 337 g/mol. The van der Waals surface area contributed by atoms with E-state index in [0.29, 0.717) is 12.3 Å². The molecule has 2 nitrogen and oxygen atoms in total. The van der Waals surface area contributed by atoms with Gasteiger partial charge in [0.2, 0.25) is 0 Å². The molecular formula is C12H17FINO. The summed E-state index contributed by atoms with van der Waals surface area (Å²) in [5, 5.41) is 3.29. The van der Waals surface area contributed by atoms with Crippen molar-refractivity contribution in [1.82, 2.24) is 5.32 Å². The van der Waals surface area contributed by atoms with E-state index in [9.17, 15) is 4.39 Å². The number of halogens is 2. The SMILES string of the molecule is COc1ccc(CNCCCCI)cc1F. The quantitative estimate of drug-likeness (QED) is 0.469. The highest BCUT2D eigenvalue weighted by molar-refractivity contribution is 14.1. The maximum Gasteiger partial charge on any atom is 0.165 e. The van der Waals surface area contributed by atoms with Crippen molar-refractivity contribution in [2.24, 2.45) is 0 Å². The summed E-state index contributed by atoms with van der Waals surface area (Å²) in [5.74, 6) is 0.00252. The first-order valence-corrected chi connectivity index (χ1v) is 6.89. The number of benzene rings is 1. The average molecular weight is 337 g/mol. The van der Waals surface area contributed by atoms with Gasteiger partial charge < -0.3 is 10.1 Å². The molecule has 0 saturated carbocycles. The molecular weight excluding hydrogens is 320 g/mol. The highest BCUT2D eigenvalue weighted by Crippen LogP contribution is 2.17. The van der Waals surface area contributed by atoms with E-state index in [1.165, 1.54) is 30.4 Å². The van der Waals surface area contributed by atoms with E-state index in [0.717, 1.165) is 12.1 Å². The summed E-state index contributed by atoms with van der Waals surface area (Å²) in [6, 6.07) is 5.06. The number of ether oxygens (including phenoxy) is 1. The second kappa shape index (κ2) is 7.84. The highest BCUT2D eigenvalue weighted by Gasteiger charge is 2.02. The largest absolute Gasteiger partial charge is 0.494 e. The highest BCUT2D eigenvalue weighted by atomic mass is 127. The molecule has 1 rings (SSSR count). The van der Waals surface area contributed by atoms with Crippen LogP contribution in [0, 0.1) is 5.82 Å². The molecule has 0 aliphatic carbocycles. The van der Waals surface area contributed by atoms with Gasteiger partial charge in [0.25, 0.3) is 0 Å². The van der Waals surface area contributed by atoms with Gasteiger partial charge in [0.05, 0.1) is 7.11 Å². The maximum absolute atomic E-state index is 13.3. The number of methoxy groups -OCH3 is 1. The normalized spacial score (nSPS) is 10.4. The molecule has 0 atom stereocenters. The van der Waals surface area contributed by atoms with Crippen molar-refractivity contribution < 1.29 is 9.13 Å². The smallest absolute Gasteiger partial charge is 0.165 e. The predicted octanol–water partition coefficient (Wildman–Crippen LogP) is 3.14. The molecule has 1 aromatic carbocycles. The van der Waals surface area contributed by atoms with Crippen molar-refractivity contribution in [3.63, 3.8) is 0 Å². The van der Waals surface area contributed by atoms with E-state index in [4.69, 9.17) is 4.74 Å². The van der Waals surface area contributed by atoms with Gasteiger partial charge in [-0.15, -0.1) is 0 Å². The third-order valence-electron chi connectivity index (χ3n) is 2.28. The Kier molecular flexibility index (Phi) is 6.71. The molecule has 0 aliphatic rings. The first-order chi connectivity index (χ1) is 7.77. The fourth-order valence-corrected chi connectivity index (χ4v) is 1.94. The molecule has 90 valence electrons. The molecule has 0 fully saturated rings. The topological polar surface area (TPSA) is 21.3 Å². The van der Waals surface area contributed by atoms with Crippen molar-refractivity contribution >= 4 is 22.6 Å². The number of hydrogen-bond acceptors (Lipinski definition) is 2. The van der Waals surface area contributed by atoms with Crippen LogP contribution in [-0.4, -0.2) is 18.1 Å². The van der Waals surface area contributed by atoms with Gasteiger partial charge in [-0.3, -0.25) is 0 Å². The Morgan fingerprint density at radius 1 is 1.38 bits per heavy atom. The summed E-state index contributed by atoms with van der Waals surface area (Å²) in [6.45, 7) is 1.69. The fraction of sp³-hybridized carbons (Fsp3) is 0.500. The van der Waals surface area contributed by atoms with E-state index in [2.05, 4.69) is 27.9 Å². The Balaban J connectivity index is 2.34. The minimum absolute atomic E-state index is 0.297. The van der Waals surface area contributed by atoms with E-state index >= 15 is 0 Å². The van der Waals surface area contributed by atoms with Crippen molar-refractivity contribution in [2.45, 2.75) is 19.4 Å². The second-order valence-electron chi connectivity index (χ2n) is 3.54. The molecule has 0 spiro atoms. The lowest BCUT2D eigenvalue weighted by Gasteiger charge is -2.06. The number of unbranched alkanes of at least 4 members (excludes halogenated alkanes) is 1. The Bertz CT molecular complexity index is 320. The van der Waals surface area contributed by atoms with Crippen molar-refractivity contribution in [3.05, 3.63) is 29.6 Å². The van der Waals surface area contributed by atoms with Crippen LogP contribution in [-0.2, 0) is 6.54 Å². The summed E-state index contributed by atoms with van der Waals surface area (Å²) in [6.07, 6.45) is 2.39. The van der Waals surface area contributed by atoms with Gasteiger partial charge >= 0.3 is 0 Å². The van der Waals surface area contributed by atoms with Crippen LogP contribution in [0.25, 0.3) is 0 Å². The first-order valence-electron chi connectivity index (χ1n) is 5.37. The fourth-order valence-electron chi connectivity index (χ4n) is 1.40. The molecule has 16 heavy (non-hydrogen) atoms. The minimum atomic E-state index is -0.297. The summed E-state index contributed by atoms with van der Waals surface area (Å²) in [4.78, 5) is 0. The molecule has 0 saturated heterocycles. The van der Waals surface area contributed by atoms with Gasteiger partial charge in [0.1, 0.15) is 0 Å². The number of nitrogens with one attached hydrogen (secondary N) is 1. The van der Waals surface area contributed by atoms with Gasteiger partial charge in [-0.05, 0) is 41.5 Å². The zero-order valence-corrected chi connectivity index (χ0v) is 11.6. The lowest BCUT2D eigenvalue weighted by molar-refractivity contribution is 0.386. The molecule has 1 aromatic rings. The van der Waals surface area contributed by atoms with Crippen LogP contribution in [0.1, 0.15) is 18.4 Å². The van der Waals surface area contributed by atoms with Crippen LogP contribution in [0.5, 0.6) is 5.75 Å². The molecule has 0 heterocycles. The molecule has 0 radical (unpaired) electrons. The van der Waals surface area contributed by atoms with Crippen LogP contribution in [0.4, 0.5) is 4.39 Å². The molecule has 0 amide bonds. The Morgan fingerprint density at radius 3 is 2.81 bits per heavy atom. The molecule has 4 heteroatoms. The standard InChI is InChI=1S/C12H17FINO/c1-16-12-5-4-10(8-11(12)13)9-15-7-3-2-6-14/h4-5,8,15H,2-3,6-7,9H2,1H3. The van der Waals surface area contributed by atoms with E-state index in [1.807, 2.05) is 6.07 Å². The number of alkyl halides is 1. The lowest BCUT2D eigenvalue weighted by atomic mass is 10.2. The van der Waals surface area contributed by atoms with Crippen LogP contribution in [0.15, 0.2) is 18.2 Å². The number of rotatable bonds is 7. The molecule has 1 N–H and O–H groups in total. The third kappa shape index (κ3) is 4.65. The number of hydrogen-bond donors (Lipinski definition) is 1. The van der Waals surface area contributed by atoms with Gasteiger partial charge in [-0.2, -0.15) is 0 Å². The van der Waals surface area contributed by atoms with Crippen LogP contribution in [0.2, 0.25) is 0 Å². The van der Waals surface area contributed by atoms with Crippen LogP contribution < -0.4 is 10.1 Å². The molecule has 0 aliphatic heterocycles. The van der Waals surface area contributed by atoms with Crippen molar-refractivity contribution in [1.29, 1.82) is 0 Å². The Labute approximate surface area is 110 Å². The zero-order valence-electron chi connectivity index (χ0n) is 9.43. The van der Waals surface area contributed by atoms with Gasteiger partial charge in [-0.25, -0.2) is 4.39 Å². The Hall–Kier alpha value is -0.360. The van der Waals surface area contributed by atoms with Crippen molar-refractivity contribution in [3.8, 4) is 5.75 Å². The van der Waals surface area contributed by atoms with Gasteiger partial charge in [0, 0.05) is 6.54 Å². The summed E-state index contributed by atoms with van der Waals surface area (Å²) < 4.78 is 19.4. The second-order valence-corrected chi connectivity index (χ2v) is 4.62.